The highest BCUT2D eigenvalue weighted by molar-refractivity contribution is 7.89. The molecule has 142 valence electrons. The number of aliphatic imine (C=N–C) groups is 1. The summed E-state index contributed by atoms with van der Waals surface area (Å²) >= 11 is 1.77. The molecule has 0 spiro atoms. The number of thiophene rings is 1. The molecule has 8 heteroatoms. The fourth-order valence-electron chi connectivity index (χ4n) is 2.51. The molecule has 3 N–H and O–H groups in total. The van der Waals surface area contributed by atoms with Crippen LogP contribution in [0.15, 0.2) is 17.1 Å². The minimum absolute atomic E-state index is 0.0586. The smallest absolute Gasteiger partial charge is 0.213 e. The first-order chi connectivity index (χ1) is 12.0. The van der Waals surface area contributed by atoms with Crippen molar-refractivity contribution in [1.29, 1.82) is 0 Å². The van der Waals surface area contributed by atoms with Crippen molar-refractivity contribution in [2.75, 3.05) is 25.4 Å². The molecule has 1 aliphatic carbocycles. The molecular weight excluding hydrogens is 356 g/mol. The summed E-state index contributed by atoms with van der Waals surface area (Å²) in [5.41, 5.74) is 0. The molecule has 0 amide bonds. The van der Waals surface area contributed by atoms with E-state index in [9.17, 15) is 8.42 Å². The van der Waals surface area contributed by atoms with Gasteiger partial charge in [-0.1, -0.05) is 13.3 Å². The Morgan fingerprint density at radius 2 is 2.00 bits per heavy atom. The van der Waals surface area contributed by atoms with Crippen LogP contribution in [0.4, 0.5) is 0 Å². The SMILES string of the molecule is CCNC(=NCc1ccc(CC)s1)NCCS(=O)(=O)NCC1CCC1. The fraction of sp³-hybridized carbons (Fsp3) is 0.706. The van der Waals surface area contributed by atoms with Crippen molar-refractivity contribution < 1.29 is 8.42 Å². The average Bonchev–Trinajstić information content (AvgIpc) is 2.99. The van der Waals surface area contributed by atoms with E-state index in [-0.39, 0.29) is 5.75 Å². The highest BCUT2D eigenvalue weighted by atomic mass is 32.2. The van der Waals surface area contributed by atoms with Crippen molar-refractivity contribution in [2.45, 2.75) is 46.1 Å². The molecule has 0 bridgehead atoms. The monoisotopic (exact) mass is 386 g/mol. The minimum Gasteiger partial charge on any atom is -0.357 e. The van der Waals surface area contributed by atoms with E-state index in [1.54, 1.807) is 11.3 Å². The van der Waals surface area contributed by atoms with E-state index in [2.05, 4.69) is 39.4 Å². The summed E-state index contributed by atoms with van der Waals surface area (Å²) in [5.74, 6) is 1.24. The largest absolute Gasteiger partial charge is 0.357 e. The lowest BCUT2D eigenvalue weighted by Gasteiger charge is -2.25. The van der Waals surface area contributed by atoms with Gasteiger partial charge < -0.3 is 10.6 Å². The molecule has 0 radical (unpaired) electrons. The Kier molecular flexibility index (Phi) is 8.18. The summed E-state index contributed by atoms with van der Waals surface area (Å²) in [4.78, 5) is 7.10. The van der Waals surface area contributed by atoms with Crippen molar-refractivity contribution in [3.63, 3.8) is 0 Å². The molecule has 0 saturated heterocycles. The first kappa shape index (κ1) is 20.2. The number of rotatable bonds is 10. The minimum atomic E-state index is -3.22. The van der Waals surface area contributed by atoms with Gasteiger partial charge in [0, 0.05) is 29.4 Å². The van der Waals surface area contributed by atoms with Gasteiger partial charge in [0.1, 0.15) is 0 Å². The van der Waals surface area contributed by atoms with Gasteiger partial charge in [-0.25, -0.2) is 18.1 Å². The van der Waals surface area contributed by atoms with Crippen LogP contribution < -0.4 is 15.4 Å². The number of hydrogen-bond donors (Lipinski definition) is 3. The van der Waals surface area contributed by atoms with E-state index in [4.69, 9.17) is 0 Å². The lowest BCUT2D eigenvalue weighted by Crippen LogP contribution is -2.42. The van der Waals surface area contributed by atoms with E-state index in [0.29, 0.717) is 31.5 Å². The molecule has 0 unspecified atom stereocenters. The Hall–Kier alpha value is -1.12. The molecule has 0 atom stereocenters. The average molecular weight is 387 g/mol. The van der Waals surface area contributed by atoms with Crippen LogP contribution in [0.3, 0.4) is 0 Å². The third-order valence-corrected chi connectivity index (χ3v) is 6.85. The van der Waals surface area contributed by atoms with Crippen LogP contribution in [0.1, 0.15) is 42.9 Å². The number of aryl methyl sites for hydroxylation is 1. The van der Waals surface area contributed by atoms with Gasteiger partial charge in [-0.05, 0) is 44.2 Å². The molecular formula is C17H30N4O2S2. The molecule has 1 fully saturated rings. The lowest BCUT2D eigenvalue weighted by atomic mass is 9.86. The van der Waals surface area contributed by atoms with Gasteiger partial charge in [0.25, 0.3) is 0 Å². The Morgan fingerprint density at radius 3 is 2.60 bits per heavy atom. The van der Waals surface area contributed by atoms with Gasteiger partial charge in [-0.15, -0.1) is 11.3 Å². The number of sulfonamides is 1. The predicted octanol–water partition coefficient (Wildman–Crippen LogP) is 2.09. The maximum absolute atomic E-state index is 12.0. The summed E-state index contributed by atoms with van der Waals surface area (Å²) in [7, 11) is -3.22. The third kappa shape index (κ3) is 7.33. The van der Waals surface area contributed by atoms with E-state index in [0.717, 1.165) is 25.8 Å². The summed E-state index contributed by atoms with van der Waals surface area (Å²) in [6.45, 7) is 6.40. The molecule has 6 nitrogen and oxygen atoms in total. The fourth-order valence-corrected chi connectivity index (χ4v) is 4.40. The van der Waals surface area contributed by atoms with E-state index in [1.165, 1.54) is 16.2 Å². The topological polar surface area (TPSA) is 82.6 Å². The zero-order valence-electron chi connectivity index (χ0n) is 15.2. The zero-order valence-corrected chi connectivity index (χ0v) is 16.8. The van der Waals surface area contributed by atoms with Crippen LogP contribution in [0.2, 0.25) is 0 Å². The van der Waals surface area contributed by atoms with Crippen molar-refractivity contribution in [3.05, 3.63) is 21.9 Å². The quantitative estimate of drug-likeness (QED) is 0.425. The summed E-state index contributed by atoms with van der Waals surface area (Å²) in [6.07, 6.45) is 4.54. The van der Waals surface area contributed by atoms with Crippen LogP contribution in [0, 0.1) is 5.92 Å². The Labute approximate surface area is 155 Å². The number of hydrogen-bond acceptors (Lipinski definition) is 4. The second-order valence-electron chi connectivity index (χ2n) is 6.31. The second-order valence-corrected chi connectivity index (χ2v) is 9.49. The first-order valence-electron chi connectivity index (χ1n) is 9.09. The molecule has 1 heterocycles. The molecule has 1 aromatic heterocycles. The van der Waals surface area contributed by atoms with Crippen LogP contribution in [0.5, 0.6) is 0 Å². The standard InChI is InChI=1S/C17H30N4O2S2/c1-3-15-8-9-16(24-15)13-20-17(18-4-2)19-10-11-25(22,23)21-12-14-6-5-7-14/h8-9,14,21H,3-7,10-13H2,1-2H3,(H2,18,19,20). The molecule has 0 aromatic carbocycles. The van der Waals surface area contributed by atoms with Gasteiger partial charge in [0.2, 0.25) is 10.0 Å². The van der Waals surface area contributed by atoms with Crippen LogP contribution in [0.25, 0.3) is 0 Å². The van der Waals surface area contributed by atoms with Gasteiger partial charge in [-0.2, -0.15) is 0 Å². The first-order valence-corrected chi connectivity index (χ1v) is 11.6. The molecule has 2 rings (SSSR count). The van der Waals surface area contributed by atoms with Gasteiger partial charge >= 0.3 is 0 Å². The van der Waals surface area contributed by atoms with E-state index < -0.39 is 10.0 Å². The van der Waals surface area contributed by atoms with Gasteiger partial charge in [0.15, 0.2) is 5.96 Å². The third-order valence-electron chi connectivity index (χ3n) is 4.28. The molecule has 25 heavy (non-hydrogen) atoms. The normalized spacial score (nSPS) is 15.8. The van der Waals surface area contributed by atoms with Crippen LogP contribution >= 0.6 is 11.3 Å². The van der Waals surface area contributed by atoms with Crippen LogP contribution in [-0.4, -0.2) is 39.8 Å². The van der Waals surface area contributed by atoms with Gasteiger partial charge in [-0.3, -0.25) is 0 Å². The Morgan fingerprint density at radius 1 is 1.24 bits per heavy atom. The molecule has 1 aliphatic rings. The van der Waals surface area contributed by atoms with E-state index in [1.807, 2.05) is 6.92 Å². The number of guanidine groups is 1. The Balaban J connectivity index is 1.76. The lowest BCUT2D eigenvalue weighted by molar-refractivity contribution is 0.316. The summed E-state index contributed by atoms with van der Waals surface area (Å²) in [5, 5.41) is 6.26. The van der Waals surface area contributed by atoms with Crippen molar-refractivity contribution in [1.82, 2.24) is 15.4 Å². The number of nitrogens with zero attached hydrogens (tertiary/aromatic N) is 1. The Bertz CT molecular complexity index is 651. The maximum atomic E-state index is 12.0. The molecule has 1 saturated carbocycles. The van der Waals surface area contributed by atoms with E-state index >= 15 is 0 Å². The van der Waals surface area contributed by atoms with Gasteiger partial charge in [0.05, 0.1) is 12.3 Å². The second kappa shape index (κ2) is 10.1. The van der Waals surface area contributed by atoms with Crippen molar-refractivity contribution in [2.24, 2.45) is 10.9 Å². The van der Waals surface area contributed by atoms with Crippen molar-refractivity contribution >= 4 is 27.3 Å². The molecule has 1 aromatic rings. The number of nitrogens with one attached hydrogen (secondary N) is 3. The summed E-state index contributed by atoms with van der Waals surface area (Å²) in [6, 6.07) is 4.24. The van der Waals surface area contributed by atoms with Crippen LogP contribution in [-0.2, 0) is 23.0 Å². The highest BCUT2D eigenvalue weighted by Crippen LogP contribution is 2.25. The van der Waals surface area contributed by atoms with Crippen molar-refractivity contribution in [3.8, 4) is 0 Å². The highest BCUT2D eigenvalue weighted by Gasteiger charge is 2.20. The zero-order chi connectivity index (χ0) is 18.1. The molecule has 0 aliphatic heterocycles. The maximum Gasteiger partial charge on any atom is 0.213 e. The summed E-state index contributed by atoms with van der Waals surface area (Å²) < 4.78 is 26.7. The predicted molar refractivity (Wildman–Crippen MR) is 106 cm³/mol.